The van der Waals surface area contributed by atoms with Crippen molar-refractivity contribution in [2.45, 2.75) is 0 Å². The lowest BCUT2D eigenvalue weighted by atomic mass is 10.1. The van der Waals surface area contributed by atoms with E-state index in [-0.39, 0.29) is 35.1 Å². The summed E-state index contributed by atoms with van der Waals surface area (Å²) in [6.45, 7) is 0.0343. The Morgan fingerprint density at radius 3 is 2.69 bits per heavy atom. The number of ether oxygens (including phenoxy) is 3. The Kier molecular flexibility index (Phi) is 4.63. The summed E-state index contributed by atoms with van der Waals surface area (Å²) in [5.41, 5.74) is 0.0265. The van der Waals surface area contributed by atoms with Gasteiger partial charge in [0.25, 0.3) is 11.8 Å². The lowest BCUT2D eigenvalue weighted by molar-refractivity contribution is -0.122. The van der Waals surface area contributed by atoms with Crippen LogP contribution in [0.3, 0.4) is 0 Å². The number of anilines is 1. The number of aromatic hydroxyl groups is 1. The van der Waals surface area contributed by atoms with E-state index in [2.05, 4.69) is 21.2 Å². The number of hydrogen-bond acceptors (Lipinski definition) is 7. The third kappa shape index (κ3) is 3.27. The van der Waals surface area contributed by atoms with Crippen molar-refractivity contribution in [1.82, 2.24) is 5.32 Å². The molecule has 0 aromatic heterocycles. The number of methoxy groups -OCH3 is 1. The topological polar surface area (TPSA) is 114 Å². The lowest BCUT2D eigenvalue weighted by Crippen LogP contribution is -2.54. The first kappa shape index (κ1) is 18.8. The molecular formula is C19H13BrN2O7. The number of hydrogen-bond donors (Lipinski definition) is 2. The number of fused-ring (bicyclic) bond motifs is 1. The lowest BCUT2D eigenvalue weighted by Gasteiger charge is -2.26. The van der Waals surface area contributed by atoms with E-state index in [0.29, 0.717) is 16.0 Å². The van der Waals surface area contributed by atoms with Crippen LogP contribution < -0.4 is 24.4 Å². The van der Waals surface area contributed by atoms with Gasteiger partial charge in [0.15, 0.2) is 23.0 Å². The summed E-state index contributed by atoms with van der Waals surface area (Å²) in [5, 5.41) is 12.4. The first-order valence-electron chi connectivity index (χ1n) is 8.26. The average Bonchev–Trinajstić information content (AvgIpc) is 3.15. The first-order valence-corrected chi connectivity index (χ1v) is 9.06. The Hall–Kier alpha value is -3.53. The van der Waals surface area contributed by atoms with Gasteiger partial charge in [-0.05, 0) is 30.3 Å². The van der Waals surface area contributed by atoms with E-state index in [0.717, 1.165) is 4.90 Å². The minimum Gasteiger partial charge on any atom is -0.504 e. The van der Waals surface area contributed by atoms with Crippen molar-refractivity contribution in [3.8, 4) is 23.0 Å². The minimum absolute atomic E-state index is 0.0343. The predicted molar refractivity (Wildman–Crippen MR) is 104 cm³/mol. The maximum Gasteiger partial charge on any atom is 0.335 e. The average molecular weight is 461 g/mol. The van der Waals surface area contributed by atoms with Gasteiger partial charge in [-0.2, -0.15) is 0 Å². The van der Waals surface area contributed by atoms with Crippen LogP contribution in [0.25, 0.3) is 6.08 Å². The van der Waals surface area contributed by atoms with Crippen LogP contribution in [-0.4, -0.2) is 36.9 Å². The number of nitrogens with zero attached hydrogens (tertiary/aromatic N) is 1. The summed E-state index contributed by atoms with van der Waals surface area (Å²) in [6, 6.07) is 6.66. The molecule has 9 nitrogen and oxygen atoms in total. The molecule has 0 radical (unpaired) electrons. The second kappa shape index (κ2) is 7.13. The van der Waals surface area contributed by atoms with Crippen LogP contribution in [0.15, 0.2) is 40.4 Å². The monoisotopic (exact) mass is 460 g/mol. The van der Waals surface area contributed by atoms with Gasteiger partial charge in [0, 0.05) is 16.1 Å². The normalized spacial score (nSPS) is 17.0. The van der Waals surface area contributed by atoms with Gasteiger partial charge >= 0.3 is 6.03 Å². The zero-order chi connectivity index (χ0) is 20.7. The Labute approximate surface area is 172 Å². The van der Waals surface area contributed by atoms with Crippen LogP contribution in [0.1, 0.15) is 5.56 Å². The SMILES string of the molecule is COc1cc(Br)cc(/C=C2\C(=O)NC(=O)N(c3ccc4c(c3)OCO4)C2=O)c1O. The van der Waals surface area contributed by atoms with E-state index in [9.17, 15) is 19.5 Å². The van der Waals surface area contributed by atoms with Crippen LogP contribution in [-0.2, 0) is 9.59 Å². The molecule has 0 atom stereocenters. The third-order valence-corrected chi connectivity index (χ3v) is 4.76. The van der Waals surface area contributed by atoms with E-state index in [1.54, 1.807) is 6.07 Å². The fourth-order valence-corrected chi connectivity index (χ4v) is 3.39. The first-order chi connectivity index (χ1) is 13.9. The van der Waals surface area contributed by atoms with Crippen molar-refractivity contribution < 1.29 is 33.7 Å². The summed E-state index contributed by atoms with van der Waals surface area (Å²) < 4.78 is 16.1. The van der Waals surface area contributed by atoms with Gasteiger partial charge in [-0.25, -0.2) is 9.69 Å². The molecule has 29 heavy (non-hydrogen) atoms. The molecule has 2 aliphatic heterocycles. The number of nitrogens with one attached hydrogen (secondary N) is 1. The summed E-state index contributed by atoms with van der Waals surface area (Å²) >= 11 is 3.27. The van der Waals surface area contributed by atoms with Gasteiger partial charge in [0.2, 0.25) is 6.79 Å². The molecule has 1 fully saturated rings. The number of phenols is 1. The summed E-state index contributed by atoms with van der Waals surface area (Å²) in [6.07, 6.45) is 1.19. The van der Waals surface area contributed by atoms with Gasteiger partial charge in [0.1, 0.15) is 5.57 Å². The number of benzene rings is 2. The highest BCUT2D eigenvalue weighted by Gasteiger charge is 2.37. The van der Waals surface area contributed by atoms with Crippen molar-refractivity contribution in [3.05, 3.63) is 45.9 Å². The molecule has 4 amide bonds. The molecule has 4 rings (SSSR count). The minimum atomic E-state index is -0.896. The molecule has 148 valence electrons. The molecule has 1 saturated heterocycles. The number of carbonyl (C=O) groups is 3. The predicted octanol–water partition coefficient (Wildman–Crippen LogP) is 2.56. The van der Waals surface area contributed by atoms with E-state index < -0.39 is 17.8 Å². The molecule has 10 heteroatoms. The number of amides is 4. The second-order valence-electron chi connectivity index (χ2n) is 6.04. The number of carbonyl (C=O) groups excluding carboxylic acids is 3. The third-order valence-electron chi connectivity index (χ3n) is 4.30. The fourth-order valence-electron chi connectivity index (χ4n) is 2.93. The largest absolute Gasteiger partial charge is 0.504 e. The van der Waals surface area contributed by atoms with Crippen molar-refractivity contribution in [2.24, 2.45) is 0 Å². The van der Waals surface area contributed by atoms with Gasteiger partial charge in [0.05, 0.1) is 12.8 Å². The van der Waals surface area contributed by atoms with Gasteiger partial charge in [-0.3, -0.25) is 14.9 Å². The van der Waals surface area contributed by atoms with Crippen molar-refractivity contribution in [3.63, 3.8) is 0 Å². The molecule has 0 aliphatic carbocycles. The number of imide groups is 2. The Balaban J connectivity index is 1.76. The second-order valence-corrected chi connectivity index (χ2v) is 6.96. The van der Waals surface area contributed by atoms with E-state index in [1.807, 2.05) is 0 Å². The quantitative estimate of drug-likeness (QED) is 0.534. The summed E-state index contributed by atoms with van der Waals surface area (Å²) in [4.78, 5) is 38.4. The highest BCUT2D eigenvalue weighted by atomic mass is 79.9. The number of barbiturate groups is 1. The van der Waals surface area contributed by atoms with Crippen LogP contribution in [0, 0.1) is 0 Å². The molecule has 0 bridgehead atoms. The maximum atomic E-state index is 13.0. The Bertz CT molecular complexity index is 1100. The zero-order valence-electron chi connectivity index (χ0n) is 14.9. The molecule has 2 N–H and O–H groups in total. The standard InChI is InChI=1S/C19H13BrN2O7/c1-27-15-6-10(20)4-9(16(15)23)5-12-17(24)21-19(26)22(18(12)25)11-2-3-13-14(7-11)29-8-28-13/h2-7,23H,8H2,1H3,(H,21,24,26)/b12-5+. The van der Waals surface area contributed by atoms with Gasteiger partial charge in [-0.15, -0.1) is 0 Å². The molecule has 2 aromatic rings. The molecule has 0 saturated carbocycles. The van der Waals surface area contributed by atoms with E-state index in [1.165, 1.54) is 37.5 Å². The Morgan fingerprint density at radius 1 is 1.17 bits per heavy atom. The van der Waals surface area contributed by atoms with Crippen LogP contribution in [0.2, 0.25) is 0 Å². The van der Waals surface area contributed by atoms with Crippen LogP contribution in [0.5, 0.6) is 23.0 Å². The maximum absolute atomic E-state index is 13.0. The number of halogens is 1. The molecular weight excluding hydrogens is 448 g/mol. The highest BCUT2D eigenvalue weighted by Crippen LogP contribution is 2.38. The van der Waals surface area contributed by atoms with E-state index in [4.69, 9.17) is 14.2 Å². The fraction of sp³-hybridized carbons (Fsp3) is 0.105. The Morgan fingerprint density at radius 2 is 1.93 bits per heavy atom. The highest BCUT2D eigenvalue weighted by molar-refractivity contribution is 9.10. The number of rotatable bonds is 3. The molecule has 2 aromatic carbocycles. The summed E-state index contributed by atoms with van der Waals surface area (Å²) in [7, 11) is 1.37. The molecule has 0 spiro atoms. The van der Waals surface area contributed by atoms with Crippen LogP contribution >= 0.6 is 15.9 Å². The summed E-state index contributed by atoms with van der Waals surface area (Å²) in [5.74, 6) is -0.975. The number of urea groups is 1. The van der Waals surface area contributed by atoms with E-state index >= 15 is 0 Å². The molecule has 2 heterocycles. The molecule has 2 aliphatic rings. The van der Waals surface area contributed by atoms with Crippen molar-refractivity contribution >= 4 is 45.5 Å². The smallest absolute Gasteiger partial charge is 0.335 e. The van der Waals surface area contributed by atoms with Crippen molar-refractivity contribution in [2.75, 3.05) is 18.8 Å². The van der Waals surface area contributed by atoms with Crippen molar-refractivity contribution in [1.29, 1.82) is 0 Å². The number of phenolic OH excluding ortho intramolecular Hbond substituents is 1. The van der Waals surface area contributed by atoms with Crippen LogP contribution in [0.4, 0.5) is 10.5 Å². The van der Waals surface area contributed by atoms with Gasteiger partial charge < -0.3 is 19.3 Å². The molecule has 0 unspecified atom stereocenters. The van der Waals surface area contributed by atoms with Gasteiger partial charge in [-0.1, -0.05) is 15.9 Å². The zero-order valence-corrected chi connectivity index (χ0v) is 16.5.